The van der Waals surface area contributed by atoms with Crippen molar-refractivity contribution >= 4 is 5.78 Å². The van der Waals surface area contributed by atoms with Crippen LogP contribution in [0.1, 0.15) is 41.6 Å². The van der Waals surface area contributed by atoms with Crippen molar-refractivity contribution in [1.82, 2.24) is 9.47 Å². The van der Waals surface area contributed by atoms with Crippen LogP contribution in [0.2, 0.25) is 0 Å². The van der Waals surface area contributed by atoms with Crippen molar-refractivity contribution in [1.29, 1.82) is 0 Å². The highest BCUT2D eigenvalue weighted by atomic mass is 16.1. The summed E-state index contributed by atoms with van der Waals surface area (Å²) in [6.07, 6.45) is 9.79. The van der Waals surface area contributed by atoms with Crippen molar-refractivity contribution in [3.05, 3.63) is 23.5 Å². The summed E-state index contributed by atoms with van der Waals surface area (Å²) < 4.78 is 2.21. The fourth-order valence-corrected chi connectivity index (χ4v) is 2.97. The van der Waals surface area contributed by atoms with Crippen LogP contribution in [0.4, 0.5) is 0 Å². The zero-order chi connectivity index (χ0) is 11.7. The van der Waals surface area contributed by atoms with Gasteiger partial charge in [-0.15, -0.1) is 0 Å². The molecule has 1 fully saturated rings. The van der Waals surface area contributed by atoms with E-state index in [1.54, 1.807) is 0 Å². The highest BCUT2D eigenvalue weighted by Crippen LogP contribution is 2.22. The van der Waals surface area contributed by atoms with E-state index < -0.39 is 0 Å². The predicted octanol–water partition coefficient (Wildman–Crippen LogP) is 2.10. The first-order valence-corrected chi connectivity index (χ1v) is 6.77. The molecule has 3 heteroatoms. The SMILES string of the molecule is O=C1CCCc2cn(CCN3CCCC3)cc21. The summed E-state index contributed by atoms with van der Waals surface area (Å²) in [6.45, 7) is 4.65. The number of hydrogen-bond donors (Lipinski definition) is 0. The minimum atomic E-state index is 0.339. The number of rotatable bonds is 3. The van der Waals surface area contributed by atoms with Gasteiger partial charge in [0.1, 0.15) is 0 Å². The first kappa shape index (κ1) is 11.0. The molecular weight excluding hydrogens is 212 g/mol. The van der Waals surface area contributed by atoms with Crippen molar-refractivity contribution in [2.45, 2.75) is 38.6 Å². The van der Waals surface area contributed by atoms with Gasteiger partial charge in [0.2, 0.25) is 0 Å². The first-order valence-electron chi connectivity index (χ1n) is 6.77. The molecule has 17 heavy (non-hydrogen) atoms. The van der Waals surface area contributed by atoms with Gasteiger partial charge in [0.05, 0.1) is 0 Å². The van der Waals surface area contributed by atoms with Crippen LogP contribution in [0.3, 0.4) is 0 Å². The van der Waals surface area contributed by atoms with Crippen molar-refractivity contribution in [3.63, 3.8) is 0 Å². The second-order valence-electron chi connectivity index (χ2n) is 5.26. The molecule has 0 atom stereocenters. The van der Waals surface area contributed by atoms with E-state index in [1.807, 2.05) is 0 Å². The van der Waals surface area contributed by atoms with Gasteiger partial charge in [0.15, 0.2) is 5.78 Å². The lowest BCUT2D eigenvalue weighted by Gasteiger charge is -2.14. The number of Topliss-reactive ketones (excluding diaryl/α,β-unsaturated/α-hetero) is 1. The van der Waals surface area contributed by atoms with Crippen molar-refractivity contribution in [3.8, 4) is 0 Å². The molecule has 2 aliphatic rings. The molecule has 1 saturated heterocycles. The Kier molecular flexibility index (Phi) is 3.02. The molecule has 1 aliphatic heterocycles. The molecule has 0 saturated carbocycles. The van der Waals surface area contributed by atoms with Gasteiger partial charge in [-0.25, -0.2) is 0 Å². The normalized spacial score (nSPS) is 20.8. The molecule has 2 heterocycles. The quantitative estimate of drug-likeness (QED) is 0.797. The van der Waals surface area contributed by atoms with E-state index in [0.29, 0.717) is 5.78 Å². The van der Waals surface area contributed by atoms with Gasteiger partial charge in [-0.2, -0.15) is 0 Å². The first-order chi connectivity index (χ1) is 8.33. The van der Waals surface area contributed by atoms with Gasteiger partial charge >= 0.3 is 0 Å². The largest absolute Gasteiger partial charge is 0.352 e. The highest BCUT2D eigenvalue weighted by Gasteiger charge is 2.19. The van der Waals surface area contributed by atoms with E-state index in [0.717, 1.165) is 37.9 Å². The Balaban J connectivity index is 1.65. The Morgan fingerprint density at radius 3 is 2.59 bits per heavy atom. The van der Waals surface area contributed by atoms with Crippen LogP contribution >= 0.6 is 0 Å². The molecule has 0 unspecified atom stereocenters. The molecular formula is C14H20N2O. The molecule has 1 aromatic rings. The lowest BCUT2D eigenvalue weighted by atomic mass is 9.95. The number of fused-ring (bicyclic) bond motifs is 1. The maximum absolute atomic E-state index is 11.7. The molecule has 1 aliphatic carbocycles. The molecule has 0 spiro atoms. The smallest absolute Gasteiger partial charge is 0.164 e. The number of likely N-dealkylation sites (tertiary alicyclic amines) is 1. The monoisotopic (exact) mass is 232 g/mol. The van der Waals surface area contributed by atoms with Gasteiger partial charge in [-0.05, 0) is 44.3 Å². The number of aromatic nitrogens is 1. The average Bonchev–Trinajstić information content (AvgIpc) is 2.95. The molecule has 0 aromatic carbocycles. The number of hydrogen-bond acceptors (Lipinski definition) is 2. The summed E-state index contributed by atoms with van der Waals surface area (Å²) in [4.78, 5) is 14.3. The number of carbonyl (C=O) groups excluding carboxylic acids is 1. The third kappa shape index (κ3) is 2.29. The van der Waals surface area contributed by atoms with E-state index in [9.17, 15) is 4.79 Å². The van der Waals surface area contributed by atoms with Gasteiger partial charge in [0, 0.05) is 37.5 Å². The molecule has 1 aromatic heterocycles. The lowest BCUT2D eigenvalue weighted by Crippen LogP contribution is -2.23. The van der Waals surface area contributed by atoms with E-state index in [1.165, 1.54) is 31.5 Å². The topological polar surface area (TPSA) is 25.2 Å². The standard InChI is InChI=1S/C14H20N2O/c17-14-5-3-4-12-10-16(11-13(12)14)9-8-15-6-1-2-7-15/h10-11H,1-9H2. The number of ketones is 1. The zero-order valence-corrected chi connectivity index (χ0v) is 10.3. The van der Waals surface area contributed by atoms with Crippen LogP contribution in [0.15, 0.2) is 12.4 Å². The van der Waals surface area contributed by atoms with Crippen LogP contribution < -0.4 is 0 Å². The van der Waals surface area contributed by atoms with Gasteiger partial charge in [-0.1, -0.05) is 0 Å². The minimum absolute atomic E-state index is 0.339. The molecule has 0 N–H and O–H groups in total. The summed E-state index contributed by atoms with van der Waals surface area (Å²) in [5.41, 5.74) is 2.25. The van der Waals surface area contributed by atoms with Crippen LogP contribution in [-0.4, -0.2) is 34.9 Å². The summed E-state index contributed by atoms with van der Waals surface area (Å²) in [5, 5.41) is 0. The second-order valence-corrected chi connectivity index (χ2v) is 5.26. The van der Waals surface area contributed by atoms with Gasteiger partial charge < -0.3 is 9.47 Å². The lowest BCUT2D eigenvalue weighted by molar-refractivity contribution is 0.0973. The fraction of sp³-hybridized carbons (Fsp3) is 0.643. The van der Waals surface area contributed by atoms with Crippen molar-refractivity contribution in [2.75, 3.05) is 19.6 Å². The third-order valence-corrected chi connectivity index (χ3v) is 3.99. The third-order valence-electron chi connectivity index (χ3n) is 3.99. The van der Waals surface area contributed by atoms with Gasteiger partial charge in [-0.3, -0.25) is 4.79 Å². The highest BCUT2D eigenvalue weighted by molar-refractivity contribution is 5.98. The van der Waals surface area contributed by atoms with E-state index >= 15 is 0 Å². The summed E-state index contributed by atoms with van der Waals surface area (Å²) in [7, 11) is 0. The Hall–Kier alpha value is -1.09. The molecule has 0 amide bonds. The maximum atomic E-state index is 11.7. The Morgan fingerprint density at radius 2 is 1.82 bits per heavy atom. The zero-order valence-electron chi connectivity index (χ0n) is 10.3. The second kappa shape index (κ2) is 4.65. The molecule has 0 radical (unpaired) electrons. The van der Waals surface area contributed by atoms with Crippen molar-refractivity contribution in [2.24, 2.45) is 0 Å². The Labute approximate surface area is 102 Å². The molecule has 0 bridgehead atoms. The van der Waals surface area contributed by atoms with Crippen LogP contribution in [0.5, 0.6) is 0 Å². The number of aryl methyl sites for hydroxylation is 1. The summed E-state index contributed by atoms with van der Waals surface area (Å²) >= 11 is 0. The summed E-state index contributed by atoms with van der Waals surface area (Å²) in [6, 6.07) is 0. The number of carbonyl (C=O) groups is 1. The predicted molar refractivity (Wildman–Crippen MR) is 67.4 cm³/mol. The minimum Gasteiger partial charge on any atom is -0.352 e. The maximum Gasteiger partial charge on any atom is 0.164 e. The fourth-order valence-electron chi connectivity index (χ4n) is 2.97. The molecule has 3 nitrogen and oxygen atoms in total. The molecule has 92 valence electrons. The summed E-state index contributed by atoms with van der Waals surface area (Å²) in [5.74, 6) is 0.339. The van der Waals surface area contributed by atoms with Crippen LogP contribution in [-0.2, 0) is 13.0 Å². The van der Waals surface area contributed by atoms with E-state index in [-0.39, 0.29) is 0 Å². The van der Waals surface area contributed by atoms with Crippen LogP contribution in [0.25, 0.3) is 0 Å². The Morgan fingerprint density at radius 1 is 1.00 bits per heavy atom. The van der Waals surface area contributed by atoms with E-state index in [2.05, 4.69) is 21.9 Å². The van der Waals surface area contributed by atoms with Crippen molar-refractivity contribution < 1.29 is 4.79 Å². The number of nitrogens with zero attached hydrogens (tertiary/aromatic N) is 2. The van der Waals surface area contributed by atoms with E-state index in [4.69, 9.17) is 0 Å². The Bertz CT molecular complexity index is 416. The van der Waals surface area contributed by atoms with Crippen LogP contribution in [0, 0.1) is 0 Å². The van der Waals surface area contributed by atoms with Gasteiger partial charge in [0.25, 0.3) is 0 Å². The average molecular weight is 232 g/mol. The molecule has 3 rings (SSSR count).